The molecule has 5 nitrogen and oxygen atoms in total. The number of nitrogens with one attached hydrogen (secondary N) is 1. The van der Waals surface area contributed by atoms with Crippen molar-refractivity contribution in [1.82, 2.24) is 10.2 Å². The van der Waals surface area contributed by atoms with Gasteiger partial charge in [0.25, 0.3) is 5.91 Å². The first kappa shape index (κ1) is 14.8. The SMILES string of the molecule is CC1CCCC(C)C12NC(=O)N(C1CCCC1CN)C2=O. The lowest BCUT2D eigenvalue weighted by atomic mass is 9.67. The van der Waals surface area contributed by atoms with Gasteiger partial charge in [0, 0.05) is 6.04 Å². The molecule has 2 aliphatic carbocycles. The van der Waals surface area contributed by atoms with Crippen molar-refractivity contribution < 1.29 is 9.59 Å². The third kappa shape index (κ3) is 2.00. The van der Waals surface area contributed by atoms with E-state index in [1.165, 1.54) is 4.90 Å². The maximum atomic E-state index is 13.2. The molecule has 1 heterocycles. The Morgan fingerprint density at radius 3 is 2.38 bits per heavy atom. The number of hydrogen-bond donors (Lipinski definition) is 2. The predicted octanol–water partition coefficient (Wildman–Crippen LogP) is 1.86. The molecule has 21 heavy (non-hydrogen) atoms. The monoisotopic (exact) mass is 293 g/mol. The maximum Gasteiger partial charge on any atom is 0.325 e. The molecule has 4 atom stereocenters. The fraction of sp³-hybridized carbons (Fsp3) is 0.875. The van der Waals surface area contributed by atoms with Crippen LogP contribution in [0.3, 0.4) is 0 Å². The van der Waals surface area contributed by atoms with Gasteiger partial charge in [0.1, 0.15) is 5.54 Å². The largest absolute Gasteiger partial charge is 0.330 e. The van der Waals surface area contributed by atoms with Crippen LogP contribution in [0.2, 0.25) is 0 Å². The quantitative estimate of drug-likeness (QED) is 0.763. The third-order valence-electron chi connectivity index (χ3n) is 6.19. The number of carbonyl (C=O) groups excluding carboxylic acids is 2. The molecule has 1 spiro atoms. The van der Waals surface area contributed by atoms with E-state index >= 15 is 0 Å². The fourth-order valence-corrected chi connectivity index (χ4v) is 4.85. The summed E-state index contributed by atoms with van der Waals surface area (Å²) < 4.78 is 0. The molecule has 4 unspecified atom stereocenters. The first-order chi connectivity index (χ1) is 10.0. The lowest BCUT2D eigenvalue weighted by Gasteiger charge is -2.42. The molecule has 1 saturated heterocycles. The van der Waals surface area contributed by atoms with E-state index in [0.717, 1.165) is 38.5 Å². The van der Waals surface area contributed by atoms with E-state index in [-0.39, 0.29) is 35.7 Å². The van der Waals surface area contributed by atoms with Crippen LogP contribution < -0.4 is 11.1 Å². The van der Waals surface area contributed by atoms with Crippen LogP contribution >= 0.6 is 0 Å². The second kappa shape index (κ2) is 5.27. The van der Waals surface area contributed by atoms with Gasteiger partial charge in [-0.1, -0.05) is 26.7 Å². The predicted molar refractivity (Wildman–Crippen MR) is 80.5 cm³/mol. The third-order valence-corrected chi connectivity index (χ3v) is 6.19. The van der Waals surface area contributed by atoms with E-state index in [4.69, 9.17) is 5.73 Å². The molecule has 2 saturated carbocycles. The summed E-state index contributed by atoms with van der Waals surface area (Å²) in [6.45, 7) is 4.76. The van der Waals surface area contributed by atoms with Gasteiger partial charge in [-0.15, -0.1) is 0 Å². The highest BCUT2D eigenvalue weighted by Gasteiger charge is 2.60. The molecule has 5 heteroatoms. The van der Waals surface area contributed by atoms with Crippen molar-refractivity contribution in [2.75, 3.05) is 6.54 Å². The second-order valence-electron chi connectivity index (χ2n) is 7.20. The number of amides is 3. The average molecular weight is 293 g/mol. The minimum Gasteiger partial charge on any atom is -0.330 e. The molecule has 0 aromatic rings. The van der Waals surface area contributed by atoms with Gasteiger partial charge in [-0.2, -0.15) is 0 Å². The van der Waals surface area contributed by atoms with E-state index in [2.05, 4.69) is 19.2 Å². The summed E-state index contributed by atoms with van der Waals surface area (Å²) in [6.07, 6.45) is 6.14. The van der Waals surface area contributed by atoms with E-state index in [0.29, 0.717) is 6.54 Å². The standard InChI is InChI=1S/C16H27N3O2/c1-10-5-3-6-11(2)16(10)14(20)19(15(21)18-16)13-8-4-7-12(13)9-17/h10-13H,3-9,17H2,1-2H3,(H,18,21). The number of nitrogens with two attached hydrogens (primary N) is 1. The Hall–Kier alpha value is -1.10. The van der Waals surface area contributed by atoms with Gasteiger partial charge in [0.2, 0.25) is 0 Å². The van der Waals surface area contributed by atoms with Gasteiger partial charge in [0.05, 0.1) is 0 Å². The summed E-state index contributed by atoms with van der Waals surface area (Å²) in [5.74, 6) is 0.697. The molecular formula is C16H27N3O2. The summed E-state index contributed by atoms with van der Waals surface area (Å²) in [5, 5.41) is 3.09. The molecule has 1 aliphatic heterocycles. The molecule has 3 N–H and O–H groups in total. The Morgan fingerprint density at radius 2 is 1.76 bits per heavy atom. The molecule has 0 aromatic heterocycles. The molecule has 0 bridgehead atoms. The van der Waals surface area contributed by atoms with Gasteiger partial charge in [-0.25, -0.2) is 4.79 Å². The van der Waals surface area contributed by atoms with E-state index in [9.17, 15) is 9.59 Å². The summed E-state index contributed by atoms with van der Waals surface area (Å²) in [7, 11) is 0. The van der Waals surface area contributed by atoms with Crippen molar-refractivity contribution >= 4 is 11.9 Å². The Kier molecular flexibility index (Phi) is 3.72. The Bertz CT molecular complexity index is 441. The molecule has 3 amide bonds. The normalized spacial score (nSPS) is 43.7. The van der Waals surface area contributed by atoms with Crippen LogP contribution in [0, 0.1) is 17.8 Å². The zero-order valence-electron chi connectivity index (χ0n) is 13.1. The Labute approximate surface area is 126 Å². The van der Waals surface area contributed by atoms with Crippen LogP contribution in [-0.4, -0.2) is 35.0 Å². The van der Waals surface area contributed by atoms with Crippen LogP contribution in [0.25, 0.3) is 0 Å². The Morgan fingerprint density at radius 1 is 1.14 bits per heavy atom. The van der Waals surface area contributed by atoms with Crippen LogP contribution in [0.1, 0.15) is 52.4 Å². The summed E-state index contributed by atoms with van der Waals surface area (Å²) in [4.78, 5) is 27.2. The molecule has 3 aliphatic rings. The van der Waals surface area contributed by atoms with Gasteiger partial charge in [0.15, 0.2) is 0 Å². The number of carbonyl (C=O) groups is 2. The number of urea groups is 1. The number of imide groups is 1. The maximum absolute atomic E-state index is 13.2. The second-order valence-corrected chi connectivity index (χ2v) is 7.20. The minimum atomic E-state index is -0.670. The molecule has 0 radical (unpaired) electrons. The van der Waals surface area contributed by atoms with Crippen molar-refractivity contribution in [3.05, 3.63) is 0 Å². The first-order valence-corrected chi connectivity index (χ1v) is 8.38. The zero-order chi connectivity index (χ0) is 15.2. The van der Waals surface area contributed by atoms with Crippen LogP contribution in [0.15, 0.2) is 0 Å². The molecule has 118 valence electrons. The summed E-state index contributed by atoms with van der Waals surface area (Å²) in [5.41, 5.74) is 5.17. The van der Waals surface area contributed by atoms with Gasteiger partial charge in [-0.3, -0.25) is 9.69 Å². The van der Waals surface area contributed by atoms with Crippen molar-refractivity contribution in [1.29, 1.82) is 0 Å². The minimum absolute atomic E-state index is 0.00296. The highest BCUT2D eigenvalue weighted by atomic mass is 16.2. The molecule has 0 aromatic carbocycles. The van der Waals surface area contributed by atoms with E-state index < -0.39 is 5.54 Å². The highest BCUT2D eigenvalue weighted by Crippen LogP contribution is 2.44. The van der Waals surface area contributed by atoms with Gasteiger partial charge in [-0.05, 0) is 50.0 Å². The van der Waals surface area contributed by atoms with Crippen molar-refractivity contribution in [2.24, 2.45) is 23.5 Å². The van der Waals surface area contributed by atoms with Crippen LogP contribution in [0.4, 0.5) is 4.79 Å². The first-order valence-electron chi connectivity index (χ1n) is 8.38. The van der Waals surface area contributed by atoms with Crippen LogP contribution in [-0.2, 0) is 4.79 Å². The molecule has 3 fully saturated rings. The smallest absolute Gasteiger partial charge is 0.325 e. The van der Waals surface area contributed by atoms with Crippen LogP contribution in [0.5, 0.6) is 0 Å². The van der Waals surface area contributed by atoms with Crippen molar-refractivity contribution in [2.45, 2.75) is 64.0 Å². The molecule has 3 rings (SSSR count). The number of nitrogens with zero attached hydrogens (tertiary/aromatic N) is 1. The fourth-order valence-electron chi connectivity index (χ4n) is 4.85. The van der Waals surface area contributed by atoms with E-state index in [1.54, 1.807) is 0 Å². The lowest BCUT2D eigenvalue weighted by molar-refractivity contribution is -0.138. The zero-order valence-corrected chi connectivity index (χ0v) is 13.1. The number of hydrogen-bond acceptors (Lipinski definition) is 3. The summed E-state index contributed by atoms with van der Waals surface area (Å²) in [6, 6.07) is -0.186. The van der Waals surface area contributed by atoms with Crippen molar-refractivity contribution in [3.8, 4) is 0 Å². The lowest BCUT2D eigenvalue weighted by Crippen LogP contribution is -2.59. The highest BCUT2D eigenvalue weighted by molar-refractivity contribution is 6.07. The van der Waals surface area contributed by atoms with Gasteiger partial charge < -0.3 is 11.1 Å². The topological polar surface area (TPSA) is 75.4 Å². The Balaban J connectivity index is 1.91. The van der Waals surface area contributed by atoms with Crippen molar-refractivity contribution in [3.63, 3.8) is 0 Å². The number of rotatable bonds is 2. The average Bonchev–Trinajstić information content (AvgIpc) is 3.00. The molecular weight excluding hydrogens is 266 g/mol. The van der Waals surface area contributed by atoms with Gasteiger partial charge >= 0.3 is 6.03 Å². The summed E-state index contributed by atoms with van der Waals surface area (Å²) >= 11 is 0. The van der Waals surface area contributed by atoms with E-state index in [1.807, 2.05) is 0 Å².